The molecule has 0 saturated carbocycles. The Morgan fingerprint density at radius 1 is 1.03 bits per heavy atom. The second-order valence-corrected chi connectivity index (χ2v) is 8.22. The lowest BCUT2D eigenvalue weighted by atomic mass is 10.1. The van der Waals surface area contributed by atoms with E-state index in [1.54, 1.807) is 18.3 Å². The van der Waals surface area contributed by atoms with Crippen molar-refractivity contribution in [2.24, 2.45) is 0 Å². The predicted molar refractivity (Wildman–Crippen MR) is 115 cm³/mol. The fourth-order valence-electron chi connectivity index (χ4n) is 4.09. The molecular formula is C22H27ClN4O2. The molecule has 1 N–H and O–H groups in total. The number of likely N-dealkylation sites (tertiary alicyclic amines) is 1. The van der Waals surface area contributed by atoms with Gasteiger partial charge in [-0.15, -0.1) is 0 Å². The molecule has 2 aliphatic rings. The summed E-state index contributed by atoms with van der Waals surface area (Å²) in [5.41, 5.74) is 1.68. The van der Waals surface area contributed by atoms with Crippen molar-refractivity contribution >= 4 is 23.3 Å². The van der Waals surface area contributed by atoms with Crippen LogP contribution in [0, 0.1) is 0 Å². The number of phenols is 1. The molecule has 0 aliphatic carbocycles. The van der Waals surface area contributed by atoms with E-state index in [4.69, 9.17) is 11.6 Å². The van der Waals surface area contributed by atoms with Crippen LogP contribution in [0.2, 0.25) is 5.02 Å². The number of piperidine rings is 1. The van der Waals surface area contributed by atoms with Crippen LogP contribution in [0.5, 0.6) is 5.75 Å². The number of hydrogen-bond donors (Lipinski definition) is 1. The van der Waals surface area contributed by atoms with Crippen LogP contribution in [-0.2, 0) is 6.54 Å². The van der Waals surface area contributed by atoms with E-state index in [1.165, 1.54) is 6.42 Å². The van der Waals surface area contributed by atoms with Crippen molar-refractivity contribution in [2.45, 2.75) is 25.8 Å². The van der Waals surface area contributed by atoms with E-state index in [9.17, 15) is 9.90 Å². The Hall–Kier alpha value is -2.31. The van der Waals surface area contributed by atoms with Gasteiger partial charge in [0.2, 0.25) is 0 Å². The lowest BCUT2D eigenvalue weighted by Gasteiger charge is -2.36. The highest BCUT2D eigenvalue weighted by molar-refractivity contribution is 6.33. The summed E-state index contributed by atoms with van der Waals surface area (Å²) in [6.07, 6.45) is 4.99. The second kappa shape index (κ2) is 9.01. The Morgan fingerprint density at radius 3 is 2.48 bits per heavy atom. The van der Waals surface area contributed by atoms with Gasteiger partial charge >= 0.3 is 0 Å². The van der Waals surface area contributed by atoms with Crippen LogP contribution in [0.3, 0.4) is 0 Å². The minimum Gasteiger partial charge on any atom is -0.508 e. The topological polar surface area (TPSA) is 59.9 Å². The molecule has 0 bridgehead atoms. The van der Waals surface area contributed by atoms with Gasteiger partial charge in [0.05, 0.1) is 10.6 Å². The van der Waals surface area contributed by atoms with Crippen molar-refractivity contribution in [3.8, 4) is 5.75 Å². The number of phenolic OH excluding ortho intramolecular Hbond substituents is 1. The third-order valence-corrected chi connectivity index (χ3v) is 5.98. The number of halogens is 1. The first-order chi connectivity index (χ1) is 14.1. The molecule has 1 amide bonds. The first-order valence-corrected chi connectivity index (χ1v) is 10.7. The number of pyridine rings is 1. The van der Waals surface area contributed by atoms with E-state index in [0.717, 1.165) is 70.0 Å². The first kappa shape index (κ1) is 20.0. The summed E-state index contributed by atoms with van der Waals surface area (Å²) < 4.78 is 0. The van der Waals surface area contributed by atoms with Crippen LogP contribution in [0.25, 0.3) is 0 Å². The van der Waals surface area contributed by atoms with Crippen molar-refractivity contribution in [1.82, 2.24) is 14.8 Å². The van der Waals surface area contributed by atoms with Crippen LogP contribution in [-0.4, -0.2) is 65.1 Å². The molecule has 29 heavy (non-hydrogen) atoms. The summed E-state index contributed by atoms with van der Waals surface area (Å²) in [5.74, 6) is 1.08. The summed E-state index contributed by atoms with van der Waals surface area (Å²) in [7, 11) is 0. The molecule has 1 aromatic carbocycles. The number of piperazine rings is 1. The maximum Gasteiger partial charge on any atom is 0.255 e. The zero-order valence-electron chi connectivity index (χ0n) is 16.6. The Morgan fingerprint density at radius 2 is 1.79 bits per heavy atom. The molecule has 1 aromatic heterocycles. The number of amides is 1. The lowest BCUT2D eigenvalue weighted by Crippen LogP contribution is -2.46. The molecule has 0 radical (unpaired) electrons. The fraction of sp³-hybridized carbons (Fsp3) is 0.455. The predicted octanol–water partition coefficient (Wildman–Crippen LogP) is 3.39. The van der Waals surface area contributed by atoms with Gasteiger partial charge in [-0.05, 0) is 43.0 Å². The minimum absolute atomic E-state index is 0.0292. The van der Waals surface area contributed by atoms with E-state index in [0.29, 0.717) is 16.3 Å². The van der Waals surface area contributed by atoms with Crippen LogP contribution >= 0.6 is 11.6 Å². The summed E-state index contributed by atoms with van der Waals surface area (Å²) >= 11 is 6.51. The molecule has 2 fully saturated rings. The monoisotopic (exact) mass is 414 g/mol. The third-order valence-electron chi connectivity index (χ3n) is 5.70. The van der Waals surface area contributed by atoms with E-state index in [1.807, 2.05) is 23.1 Å². The summed E-state index contributed by atoms with van der Waals surface area (Å²) in [6, 6.07) is 9.16. The molecule has 4 rings (SSSR count). The van der Waals surface area contributed by atoms with Gasteiger partial charge in [-0.3, -0.25) is 9.69 Å². The first-order valence-electron chi connectivity index (χ1n) is 10.3. The summed E-state index contributed by atoms with van der Waals surface area (Å²) in [6.45, 7) is 5.88. The van der Waals surface area contributed by atoms with Crippen molar-refractivity contribution < 1.29 is 9.90 Å². The second-order valence-electron chi connectivity index (χ2n) is 7.82. The molecule has 2 saturated heterocycles. The third kappa shape index (κ3) is 4.82. The normalized spacial score (nSPS) is 18.1. The van der Waals surface area contributed by atoms with E-state index in [-0.39, 0.29) is 5.91 Å². The standard InChI is InChI=1S/C22H27ClN4O2/c23-20-14-18(22(29)27-7-2-1-3-8-27)15-24-21(20)26-11-9-25(10-12-26)16-17-5-4-6-19(28)13-17/h4-6,13-15,28H,1-3,7-12,16H2. The average Bonchev–Trinajstić information content (AvgIpc) is 2.74. The van der Waals surface area contributed by atoms with Gasteiger partial charge in [0.25, 0.3) is 5.91 Å². The van der Waals surface area contributed by atoms with Crippen LogP contribution in [0.15, 0.2) is 36.5 Å². The zero-order chi connectivity index (χ0) is 20.2. The summed E-state index contributed by atoms with van der Waals surface area (Å²) in [4.78, 5) is 23.6. The Bertz CT molecular complexity index is 862. The maximum absolute atomic E-state index is 12.7. The molecule has 6 nitrogen and oxygen atoms in total. The van der Waals surface area contributed by atoms with Gasteiger partial charge < -0.3 is 14.9 Å². The quantitative estimate of drug-likeness (QED) is 0.830. The molecule has 2 aliphatic heterocycles. The van der Waals surface area contributed by atoms with Crippen molar-refractivity contribution in [1.29, 1.82) is 0 Å². The number of carbonyl (C=O) groups excluding carboxylic acids is 1. The van der Waals surface area contributed by atoms with E-state index >= 15 is 0 Å². The molecule has 154 valence electrons. The van der Waals surface area contributed by atoms with Crippen molar-refractivity contribution in [3.05, 3.63) is 52.7 Å². The molecule has 0 atom stereocenters. The minimum atomic E-state index is 0.0292. The molecular weight excluding hydrogens is 388 g/mol. The van der Waals surface area contributed by atoms with Crippen LogP contribution in [0.4, 0.5) is 5.82 Å². The number of nitrogens with zero attached hydrogens (tertiary/aromatic N) is 4. The number of benzene rings is 1. The smallest absolute Gasteiger partial charge is 0.255 e. The maximum atomic E-state index is 12.7. The number of rotatable bonds is 4. The molecule has 0 unspecified atom stereocenters. The molecule has 0 spiro atoms. The Labute approximate surface area is 176 Å². The van der Waals surface area contributed by atoms with E-state index < -0.39 is 0 Å². The van der Waals surface area contributed by atoms with Crippen LogP contribution < -0.4 is 4.90 Å². The van der Waals surface area contributed by atoms with Gasteiger partial charge in [0, 0.05) is 52.0 Å². The van der Waals surface area contributed by atoms with Crippen LogP contribution in [0.1, 0.15) is 35.2 Å². The average molecular weight is 415 g/mol. The molecule has 7 heteroatoms. The number of aromatic hydroxyl groups is 1. The number of anilines is 1. The SMILES string of the molecule is O=C(c1cnc(N2CCN(Cc3cccc(O)c3)CC2)c(Cl)c1)N1CCCCC1. The van der Waals surface area contributed by atoms with Gasteiger partial charge in [0.1, 0.15) is 11.6 Å². The number of carbonyl (C=O) groups is 1. The Kier molecular flexibility index (Phi) is 6.21. The van der Waals surface area contributed by atoms with Gasteiger partial charge in [-0.1, -0.05) is 23.7 Å². The van der Waals surface area contributed by atoms with Crippen molar-refractivity contribution in [2.75, 3.05) is 44.2 Å². The van der Waals surface area contributed by atoms with Crippen molar-refractivity contribution in [3.63, 3.8) is 0 Å². The highest BCUT2D eigenvalue weighted by Gasteiger charge is 2.23. The zero-order valence-corrected chi connectivity index (χ0v) is 17.3. The van der Waals surface area contributed by atoms with Gasteiger partial charge in [0.15, 0.2) is 0 Å². The Balaban J connectivity index is 1.36. The number of hydrogen-bond acceptors (Lipinski definition) is 5. The summed E-state index contributed by atoms with van der Waals surface area (Å²) in [5, 5.41) is 10.2. The fourth-order valence-corrected chi connectivity index (χ4v) is 4.38. The van der Waals surface area contributed by atoms with E-state index in [2.05, 4.69) is 14.8 Å². The highest BCUT2D eigenvalue weighted by atomic mass is 35.5. The lowest BCUT2D eigenvalue weighted by molar-refractivity contribution is 0.0724. The largest absolute Gasteiger partial charge is 0.508 e. The van der Waals surface area contributed by atoms with Gasteiger partial charge in [-0.25, -0.2) is 4.98 Å². The van der Waals surface area contributed by atoms with Gasteiger partial charge in [-0.2, -0.15) is 0 Å². The number of aromatic nitrogens is 1. The molecule has 3 heterocycles. The molecule has 2 aromatic rings. The highest BCUT2D eigenvalue weighted by Crippen LogP contribution is 2.26.